The Morgan fingerprint density at radius 3 is 2.11 bits per heavy atom. The standard InChI is InChI=1S/C23H31N5O8/c1-12(2)20(29)33-9-15-17(35-21(30)13(3)4)18(36-22(31)14(5)6)19(34-15)27-8-7-16(26-23(27)32)28-11-24-10-25-28/h7-8,10-15,17-19H,9H2,1-6H3/t15-,17-,18-,19-/m1/s1. The molecular weight excluding hydrogens is 474 g/mol. The molecule has 1 aliphatic heterocycles. The summed E-state index contributed by atoms with van der Waals surface area (Å²) in [5, 5.41) is 3.95. The van der Waals surface area contributed by atoms with E-state index in [1.807, 2.05) is 0 Å². The van der Waals surface area contributed by atoms with E-state index >= 15 is 0 Å². The van der Waals surface area contributed by atoms with Gasteiger partial charge in [-0.25, -0.2) is 14.5 Å². The maximum atomic E-state index is 13.0. The summed E-state index contributed by atoms with van der Waals surface area (Å²) >= 11 is 0. The molecule has 2 aromatic rings. The number of hydrogen-bond donors (Lipinski definition) is 0. The Morgan fingerprint density at radius 1 is 0.972 bits per heavy atom. The lowest BCUT2D eigenvalue weighted by Gasteiger charge is -2.26. The van der Waals surface area contributed by atoms with Gasteiger partial charge >= 0.3 is 23.6 Å². The smallest absolute Gasteiger partial charge is 0.351 e. The van der Waals surface area contributed by atoms with Crippen molar-refractivity contribution in [2.45, 2.75) is 66.1 Å². The van der Waals surface area contributed by atoms with Gasteiger partial charge in [0.25, 0.3) is 0 Å². The number of aromatic nitrogens is 5. The van der Waals surface area contributed by atoms with E-state index in [0.717, 1.165) is 4.57 Å². The number of ether oxygens (including phenoxy) is 4. The van der Waals surface area contributed by atoms with E-state index in [9.17, 15) is 19.2 Å². The van der Waals surface area contributed by atoms with E-state index in [1.54, 1.807) is 41.5 Å². The third kappa shape index (κ3) is 6.14. The molecule has 0 aliphatic carbocycles. The van der Waals surface area contributed by atoms with Crippen molar-refractivity contribution in [1.29, 1.82) is 0 Å². The number of carbonyl (C=O) groups is 3. The Balaban J connectivity index is 1.99. The van der Waals surface area contributed by atoms with E-state index < -0.39 is 65.9 Å². The molecule has 3 heterocycles. The van der Waals surface area contributed by atoms with Gasteiger partial charge in [0.05, 0.1) is 17.8 Å². The van der Waals surface area contributed by atoms with Gasteiger partial charge in [-0.05, 0) is 6.07 Å². The fraction of sp³-hybridized carbons (Fsp3) is 0.609. The summed E-state index contributed by atoms with van der Waals surface area (Å²) in [6, 6.07) is 1.50. The van der Waals surface area contributed by atoms with E-state index in [0.29, 0.717) is 0 Å². The van der Waals surface area contributed by atoms with Crippen molar-refractivity contribution in [3.63, 3.8) is 0 Å². The van der Waals surface area contributed by atoms with Crippen molar-refractivity contribution in [2.75, 3.05) is 6.61 Å². The minimum absolute atomic E-state index is 0.215. The second-order valence-electron chi connectivity index (χ2n) is 9.28. The molecule has 13 nitrogen and oxygen atoms in total. The molecule has 13 heteroatoms. The largest absolute Gasteiger partial charge is 0.463 e. The molecule has 0 aromatic carbocycles. The number of nitrogens with zero attached hydrogens (tertiary/aromatic N) is 5. The average molecular weight is 506 g/mol. The Labute approximate surface area is 207 Å². The Morgan fingerprint density at radius 2 is 1.58 bits per heavy atom. The van der Waals surface area contributed by atoms with Gasteiger partial charge in [0.15, 0.2) is 24.3 Å². The number of rotatable bonds is 9. The van der Waals surface area contributed by atoms with Crippen LogP contribution in [0.1, 0.15) is 47.8 Å². The molecule has 0 unspecified atom stereocenters. The maximum Gasteiger partial charge on any atom is 0.351 e. The second-order valence-corrected chi connectivity index (χ2v) is 9.28. The van der Waals surface area contributed by atoms with Crippen LogP contribution in [0.15, 0.2) is 29.7 Å². The molecule has 0 radical (unpaired) electrons. The first-order chi connectivity index (χ1) is 17.0. The van der Waals surface area contributed by atoms with Gasteiger partial charge in [-0.3, -0.25) is 19.0 Å². The molecule has 0 spiro atoms. The highest BCUT2D eigenvalue weighted by Crippen LogP contribution is 2.34. The van der Waals surface area contributed by atoms with Crippen LogP contribution in [0.5, 0.6) is 0 Å². The lowest BCUT2D eigenvalue weighted by Crippen LogP contribution is -2.43. The van der Waals surface area contributed by atoms with Crippen LogP contribution >= 0.6 is 0 Å². The summed E-state index contributed by atoms with van der Waals surface area (Å²) < 4.78 is 25.1. The third-order valence-electron chi connectivity index (χ3n) is 5.34. The summed E-state index contributed by atoms with van der Waals surface area (Å²) in [6.45, 7) is 9.65. The van der Waals surface area contributed by atoms with Crippen LogP contribution in [-0.4, -0.2) is 67.1 Å². The van der Waals surface area contributed by atoms with Gasteiger partial charge in [-0.15, -0.1) is 0 Å². The summed E-state index contributed by atoms with van der Waals surface area (Å²) in [5.41, 5.74) is -0.729. The van der Waals surface area contributed by atoms with Crippen LogP contribution in [-0.2, 0) is 33.3 Å². The second kappa shape index (κ2) is 11.4. The lowest BCUT2D eigenvalue weighted by atomic mass is 10.1. The van der Waals surface area contributed by atoms with E-state index in [-0.39, 0.29) is 12.4 Å². The lowest BCUT2D eigenvalue weighted by molar-refractivity contribution is -0.173. The zero-order chi connectivity index (χ0) is 26.6. The van der Waals surface area contributed by atoms with Gasteiger partial charge in [0, 0.05) is 6.20 Å². The molecule has 36 heavy (non-hydrogen) atoms. The van der Waals surface area contributed by atoms with Crippen LogP contribution in [0.4, 0.5) is 0 Å². The Bertz CT molecular complexity index is 1130. The monoisotopic (exact) mass is 505 g/mol. The van der Waals surface area contributed by atoms with E-state index in [2.05, 4.69) is 15.1 Å². The van der Waals surface area contributed by atoms with Gasteiger partial charge in [0.2, 0.25) is 0 Å². The van der Waals surface area contributed by atoms with Crippen molar-refractivity contribution >= 4 is 17.9 Å². The summed E-state index contributed by atoms with van der Waals surface area (Å²) in [6.07, 6.45) is -0.483. The number of esters is 3. The topological polar surface area (TPSA) is 154 Å². The fourth-order valence-corrected chi connectivity index (χ4v) is 3.26. The fourth-order valence-electron chi connectivity index (χ4n) is 3.26. The van der Waals surface area contributed by atoms with Crippen LogP contribution in [0, 0.1) is 17.8 Å². The molecule has 0 N–H and O–H groups in total. The highest BCUT2D eigenvalue weighted by molar-refractivity contribution is 5.73. The quantitative estimate of drug-likeness (QED) is 0.355. The number of carbonyl (C=O) groups excluding carboxylic acids is 3. The van der Waals surface area contributed by atoms with Crippen LogP contribution in [0.2, 0.25) is 0 Å². The van der Waals surface area contributed by atoms with E-state index in [1.165, 1.54) is 29.6 Å². The van der Waals surface area contributed by atoms with Gasteiger partial charge < -0.3 is 18.9 Å². The first kappa shape index (κ1) is 27.0. The van der Waals surface area contributed by atoms with E-state index in [4.69, 9.17) is 18.9 Å². The zero-order valence-electron chi connectivity index (χ0n) is 21.1. The SMILES string of the molecule is CC(C)C(=O)OC[C@H]1O[C@@H](n2ccc(-n3cncn3)nc2=O)[C@H](OC(=O)C(C)C)[C@@H]1OC(=O)C(C)C. The minimum atomic E-state index is -1.21. The molecular formula is C23H31N5O8. The van der Waals surface area contributed by atoms with Crippen LogP contribution < -0.4 is 5.69 Å². The highest BCUT2D eigenvalue weighted by atomic mass is 16.7. The molecule has 2 aromatic heterocycles. The first-order valence-electron chi connectivity index (χ1n) is 11.7. The van der Waals surface area contributed by atoms with Crippen molar-refractivity contribution in [3.05, 3.63) is 35.4 Å². The summed E-state index contributed by atoms with van der Waals surface area (Å²) in [5.74, 6) is -2.81. The molecule has 0 amide bonds. The molecule has 1 fully saturated rings. The van der Waals surface area contributed by atoms with Gasteiger partial charge in [-0.1, -0.05) is 41.5 Å². The minimum Gasteiger partial charge on any atom is -0.463 e. The third-order valence-corrected chi connectivity index (χ3v) is 5.34. The van der Waals surface area contributed by atoms with Gasteiger partial charge in [-0.2, -0.15) is 10.1 Å². The molecule has 1 aliphatic rings. The molecule has 1 saturated heterocycles. The Kier molecular flexibility index (Phi) is 8.56. The first-order valence-corrected chi connectivity index (χ1v) is 11.7. The molecule has 4 atom stereocenters. The van der Waals surface area contributed by atoms with Crippen LogP contribution in [0.3, 0.4) is 0 Å². The molecule has 0 saturated carbocycles. The molecule has 0 bridgehead atoms. The highest BCUT2D eigenvalue weighted by Gasteiger charge is 2.51. The van der Waals surface area contributed by atoms with Gasteiger partial charge in [0.1, 0.15) is 25.4 Å². The maximum absolute atomic E-state index is 13.0. The summed E-state index contributed by atoms with van der Waals surface area (Å²) in [4.78, 5) is 58.0. The van der Waals surface area contributed by atoms with Crippen molar-refractivity contribution in [2.24, 2.45) is 17.8 Å². The van der Waals surface area contributed by atoms with Crippen molar-refractivity contribution in [1.82, 2.24) is 24.3 Å². The van der Waals surface area contributed by atoms with Crippen molar-refractivity contribution in [3.8, 4) is 5.82 Å². The van der Waals surface area contributed by atoms with Crippen LogP contribution in [0.25, 0.3) is 5.82 Å². The molecule has 196 valence electrons. The molecule has 3 rings (SSSR count). The predicted octanol–water partition coefficient (Wildman–Crippen LogP) is 1.06. The summed E-state index contributed by atoms with van der Waals surface area (Å²) in [7, 11) is 0. The number of hydrogen-bond acceptors (Lipinski definition) is 11. The average Bonchev–Trinajstić information content (AvgIpc) is 3.46. The normalized spacial score (nSPS) is 21.7. The van der Waals surface area contributed by atoms with Crippen molar-refractivity contribution < 1.29 is 33.3 Å². The zero-order valence-corrected chi connectivity index (χ0v) is 21.1. The Hall–Kier alpha value is -3.61. The predicted molar refractivity (Wildman–Crippen MR) is 123 cm³/mol.